The van der Waals surface area contributed by atoms with E-state index in [2.05, 4.69) is 27.4 Å². The zero-order chi connectivity index (χ0) is 23.9. The normalized spacial score (nSPS) is 17.4. The van der Waals surface area contributed by atoms with E-state index < -0.39 is 0 Å². The van der Waals surface area contributed by atoms with Crippen molar-refractivity contribution >= 4 is 34.8 Å². The van der Waals surface area contributed by atoms with Crippen LogP contribution in [0.25, 0.3) is 0 Å². The Hall–Kier alpha value is -2.61. The second-order valence-corrected chi connectivity index (χ2v) is 9.45. The van der Waals surface area contributed by atoms with Crippen LogP contribution in [0, 0.1) is 5.92 Å². The molecule has 0 saturated carbocycles. The molecule has 0 unspecified atom stereocenters. The number of hydrogen-bond acceptors (Lipinski definition) is 5. The molecule has 0 spiro atoms. The van der Waals surface area contributed by atoms with Crippen LogP contribution >= 0.6 is 11.6 Å². The van der Waals surface area contributed by atoms with Gasteiger partial charge in [-0.05, 0) is 49.1 Å². The van der Waals surface area contributed by atoms with Crippen LogP contribution in [0.5, 0.6) is 0 Å². The summed E-state index contributed by atoms with van der Waals surface area (Å²) < 4.78 is 5.39. The number of amides is 2. The third kappa shape index (κ3) is 6.29. The predicted molar refractivity (Wildman–Crippen MR) is 136 cm³/mol. The van der Waals surface area contributed by atoms with Gasteiger partial charge in [0.25, 0.3) is 11.8 Å². The van der Waals surface area contributed by atoms with Crippen LogP contribution in [0.1, 0.15) is 40.5 Å². The Bertz CT molecular complexity index is 1000. The maximum absolute atomic E-state index is 13.3. The van der Waals surface area contributed by atoms with Gasteiger partial charge in [0.15, 0.2) is 0 Å². The molecular formula is C26H33ClN4O3. The number of nitrogens with zero attached hydrogens (tertiary/aromatic N) is 2. The smallest absolute Gasteiger partial charge is 0.257 e. The van der Waals surface area contributed by atoms with Crippen molar-refractivity contribution in [2.45, 2.75) is 19.8 Å². The van der Waals surface area contributed by atoms with Gasteiger partial charge in [0.1, 0.15) is 0 Å². The number of ether oxygens (including phenoxy) is 1. The van der Waals surface area contributed by atoms with Crippen molar-refractivity contribution < 1.29 is 14.3 Å². The molecule has 0 aliphatic carbocycles. The molecule has 2 fully saturated rings. The number of nitrogens with one attached hydrogen (secondary N) is 2. The molecule has 2 saturated heterocycles. The molecule has 0 radical (unpaired) electrons. The van der Waals surface area contributed by atoms with Crippen LogP contribution in [0.15, 0.2) is 42.5 Å². The van der Waals surface area contributed by atoms with Gasteiger partial charge >= 0.3 is 0 Å². The lowest BCUT2D eigenvalue weighted by molar-refractivity contribution is 0.0383. The van der Waals surface area contributed by atoms with Gasteiger partial charge in [-0.15, -0.1) is 0 Å². The highest BCUT2D eigenvalue weighted by molar-refractivity contribution is 6.34. The van der Waals surface area contributed by atoms with E-state index in [0.29, 0.717) is 34.3 Å². The molecule has 8 heteroatoms. The summed E-state index contributed by atoms with van der Waals surface area (Å²) in [5, 5.41) is 6.36. The Balaban J connectivity index is 1.50. The van der Waals surface area contributed by atoms with Crippen molar-refractivity contribution in [3.63, 3.8) is 0 Å². The van der Waals surface area contributed by atoms with Gasteiger partial charge in [-0.2, -0.15) is 0 Å². The molecule has 182 valence electrons. The first-order valence-electron chi connectivity index (χ1n) is 12.0. The zero-order valence-corrected chi connectivity index (χ0v) is 20.4. The minimum Gasteiger partial charge on any atom is -0.379 e. The van der Waals surface area contributed by atoms with Crippen molar-refractivity contribution in [1.29, 1.82) is 0 Å². The van der Waals surface area contributed by atoms with E-state index in [1.807, 2.05) is 12.1 Å². The molecule has 2 aliphatic rings. The molecule has 4 rings (SSSR count). The minimum atomic E-state index is -0.302. The molecule has 0 atom stereocenters. The van der Waals surface area contributed by atoms with E-state index in [9.17, 15) is 9.59 Å². The highest BCUT2D eigenvalue weighted by Crippen LogP contribution is 2.29. The summed E-state index contributed by atoms with van der Waals surface area (Å²) in [6.45, 7) is 8.69. The van der Waals surface area contributed by atoms with Crippen LogP contribution in [0.2, 0.25) is 5.02 Å². The summed E-state index contributed by atoms with van der Waals surface area (Å²) in [5.41, 5.74) is 2.45. The number of hydrogen-bond donors (Lipinski definition) is 2. The first kappa shape index (κ1) is 24.5. The van der Waals surface area contributed by atoms with E-state index in [0.717, 1.165) is 64.5 Å². The van der Waals surface area contributed by atoms with E-state index in [1.165, 1.54) is 0 Å². The number of benzene rings is 2. The van der Waals surface area contributed by atoms with Crippen LogP contribution in [0.3, 0.4) is 0 Å². The van der Waals surface area contributed by atoms with Gasteiger partial charge in [-0.1, -0.05) is 30.7 Å². The second kappa shape index (κ2) is 11.7. The first-order valence-corrected chi connectivity index (χ1v) is 12.4. The minimum absolute atomic E-state index is 0.129. The van der Waals surface area contributed by atoms with Crippen LogP contribution < -0.4 is 15.5 Å². The van der Waals surface area contributed by atoms with Crippen molar-refractivity contribution in [2.75, 3.05) is 62.7 Å². The summed E-state index contributed by atoms with van der Waals surface area (Å²) in [6, 6.07) is 12.5. The summed E-state index contributed by atoms with van der Waals surface area (Å²) in [4.78, 5) is 30.6. The van der Waals surface area contributed by atoms with Gasteiger partial charge in [0, 0.05) is 50.6 Å². The lowest BCUT2D eigenvalue weighted by Crippen LogP contribution is -2.41. The fraction of sp³-hybridized carbons (Fsp3) is 0.462. The number of rotatable bonds is 7. The van der Waals surface area contributed by atoms with E-state index in [1.54, 1.807) is 30.3 Å². The molecule has 2 aliphatic heterocycles. The molecule has 2 aromatic rings. The Morgan fingerprint density at radius 1 is 1.00 bits per heavy atom. The Morgan fingerprint density at radius 2 is 1.74 bits per heavy atom. The number of carbonyl (C=O) groups is 2. The molecule has 0 bridgehead atoms. The second-order valence-electron chi connectivity index (χ2n) is 9.05. The van der Waals surface area contributed by atoms with Gasteiger partial charge in [-0.25, -0.2) is 0 Å². The van der Waals surface area contributed by atoms with Crippen molar-refractivity contribution in [3.05, 3.63) is 58.6 Å². The maximum Gasteiger partial charge on any atom is 0.257 e. The molecule has 34 heavy (non-hydrogen) atoms. The molecular weight excluding hydrogens is 452 g/mol. The highest BCUT2D eigenvalue weighted by Gasteiger charge is 2.22. The van der Waals surface area contributed by atoms with E-state index in [-0.39, 0.29) is 11.8 Å². The average Bonchev–Trinajstić information content (AvgIpc) is 2.85. The molecule has 2 heterocycles. The van der Waals surface area contributed by atoms with Gasteiger partial charge in [0.2, 0.25) is 0 Å². The maximum atomic E-state index is 13.3. The average molecular weight is 485 g/mol. The molecule has 2 amide bonds. The fourth-order valence-corrected chi connectivity index (χ4v) is 4.63. The summed E-state index contributed by atoms with van der Waals surface area (Å²) >= 11 is 6.18. The van der Waals surface area contributed by atoms with Crippen molar-refractivity contribution in [3.8, 4) is 0 Å². The Labute approximate surface area is 206 Å². The van der Waals surface area contributed by atoms with Gasteiger partial charge < -0.3 is 20.3 Å². The Kier molecular flexibility index (Phi) is 8.43. The zero-order valence-electron chi connectivity index (χ0n) is 19.7. The monoisotopic (exact) mass is 484 g/mol. The summed E-state index contributed by atoms with van der Waals surface area (Å²) in [6.07, 6.45) is 2.20. The largest absolute Gasteiger partial charge is 0.379 e. The van der Waals surface area contributed by atoms with Crippen LogP contribution in [-0.2, 0) is 4.74 Å². The van der Waals surface area contributed by atoms with E-state index >= 15 is 0 Å². The first-order chi connectivity index (χ1) is 16.5. The topological polar surface area (TPSA) is 73.9 Å². The number of carbonyl (C=O) groups excluding carboxylic acids is 2. The lowest BCUT2D eigenvalue weighted by Gasteiger charge is -2.33. The molecule has 2 N–H and O–H groups in total. The number of anilines is 2. The molecule has 2 aromatic carbocycles. The third-order valence-electron chi connectivity index (χ3n) is 6.56. The van der Waals surface area contributed by atoms with Gasteiger partial charge in [-0.3, -0.25) is 14.5 Å². The quantitative estimate of drug-likeness (QED) is 0.623. The fourth-order valence-electron chi connectivity index (χ4n) is 4.41. The number of morpholine rings is 1. The van der Waals surface area contributed by atoms with Crippen molar-refractivity contribution in [2.24, 2.45) is 5.92 Å². The third-order valence-corrected chi connectivity index (χ3v) is 6.89. The predicted octanol–water partition coefficient (Wildman–Crippen LogP) is 3.89. The Morgan fingerprint density at radius 3 is 2.47 bits per heavy atom. The number of piperidine rings is 1. The standard InChI is InChI=1S/C26H33ClN4O3/c1-19-8-11-31(12-9-19)24-7-6-20(29-26(33)21-4-2-3-5-23(21)27)18-22(24)25(32)28-10-13-30-14-16-34-17-15-30/h2-7,18-19H,8-17H2,1H3,(H,28,32)(H,29,33). The van der Waals surface area contributed by atoms with Crippen LogP contribution in [0.4, 0.5) is 11.4 Å². The summed E-state index contributed by atoms with van der Waals surface area (Å²) in [5.74, 6) is 0.260. The highest BCUT2D eigenvalue weighted by atomic mass is 35.5. The van der Waals surface area contributed by atoms with Crippen molar-refractivity contribution in [1.82, 2.24) is 10.2 Å². The number of halogens is 1. The lowest BCUT2D eigenvalue weighted by atomic mass is 9.97. The SMILES string of the molecule is CC1CCN(c2ccc(NC(=O)c3ccccc3Cl)cc2C(=O)NCCN2CCOCC2)CC1. The molecule has 0 aromatic heterocycles. The van der Waals surface area contributed by atoms with Gasteiger partial charge in [0.05, 0.1) is 29.4 Å². The van der Waals surface area contributed by atoms with E-state index in [4.69, 9.17) is 16.3 Å². The summed E-state index contributed by atoms with van der Waals surface area (Å²) in [7, 11) is 0. The molecule has 7 nitrogen and oxygen atoms in total. The van der Waals surface area contributed by atoms with Crippen LogP contribution in [-0.4, -0.2) is 69.2 Å².